The highest BCUT2D eigenvalue weighted by atomic mass is 16.5. The number of aryl methyl sites for hydroxylation is 1. The van der Waals surface area contributed by atoms with Gasteiger partial charge in [-0.1, -0.05) is 50.5 Å². The molecule has 0 atom stereocenters. The summed E-state index contributed by atoms with van der Waals surface area (Å²) in [5, 5.41) is 3.76. The van der Waals surface area contributed by atoms with Crippen molar-refractivity contribution in [1.82, 2.24) is 5.16 Å². The van der Waals surface area contributed by atoms with Crippen molar-refractivity contribution in [3.63, 3.8) is 0 Å². The Kier molecular flexibility index (Phi) is 13.0. The van der Waals surface area contributed by atoms with Gasteiger partial charge >= 0.3 is 0 Å². The van der Waals surface area contributed by atoms with E-state index in [4.69, 9.17) is 14.0 Å². The smallest absolute Gasteiger partial charge is 0.124 e. The molecule has 4 nitrogen and oxygen atoms in total. The van der Waals surface area contributed by atoms with Gasteiger partial charge in [0.15, 0.2) is 0 Å². The molecule has 22 heavy (non-hydrogen) atoms. The minimum Gasteiger partial charge on any atom is -0.494 e. The Labute approximate surface area is 134 Å². The van der Waals surface area contributed by atoms with Crippen LogP contribution in [-0.2, 0) is 11.3 Å². The van der Waals surface area contributed by atoms with Gasteiger partial charge in [0.2, 0.25) is 0 Å². The van der Waals surface area contributed by atoms with E-state index >= 15 is 0 Å². The summed E-state index contributed by atoms with van der Waals surface area (Å²) in [4.78, 5) is 0. The zero-order valence-corrected chi connectivity index (χ0v) is 14.5. The summed E-state index contributed by atoms with van der Waals surface area (Å²) in [6.07, 6.45) is 2.39. The lowest BCUT2D eigenvalue weighted by atomic mass is 10.2. The van der Waals surface area contributed by atoms with E-state index < -0.39 is 0 Å². The lowest BCUT2D eigenvalue weighted by Gasteiger charge is -2.06. The molecule has 2 rings (SSSR count). The van der Waals surface area contributed by atoms with Crippen LogP contribution >= 0.6 is 0 Å². The molecule has 0 radical (unpaired) electrons. The van der Waals surface area contributed by atoms with Crippen molar-refractivity contribution in [2.75, 3.05) is 13.2 Å². The second kappa shape index (κ2) is 14.1. The Bertz CT molecular complexity index is 438. The van der Waals surface area contributed by atoms with Gasteiger partial charge in [0.05, 0.1) is 19.8 Å². The molecule has 0 saturated carbocycles. The third-order valence-corrected chi connectivity index (χ3v) is 2.46. The lowest BCUT2D eigenvalue weighted by Crippen LogP contribution is -2.03. The van der Waals surface area contributed by atoms with Gasteiger partial charge in [0.25, 0.3) is 0 Å². The maximum atomic E-state index is 5.58. The van der Waals surface area contributed by atoms with Gasteiger partial charge in [-0.05, 0) is 19.1 Å². The first-order valence-corrected chi connectivity index (χ1v) is 8.01. The summed E-state index contributed by atoms with van der Waals surface area (Å²) in [5.74, 6) is 0.900. The van der Waals surface area contributed by atoms with Crippen molar-refractivity contribution in [1.29, 1.82) is 0 Å². The van der Waals surface area contributed by atoms with Gasteiger partial charge in [-0.15, -0.1) is 0 Å². The Morgan fingerprint density at radius 1 is 0.955 bits per heavy atom. The normalized spacial score (nSPS) is 9.14. The summed E-state index contributed by atoms with van der Waals surface area (Å²) in [6, 6.07) is 9.83. The first-order valence-electron chi connectivity index (χ1n) is 8.01. The van der Waals surface area contributed by atoms with E-state index in [-0.39, 0.29) is 0 Å². The van der Waals surface area contributed by atoms with Crippen molar-refractivity contribution >= 4 is 0 Å². The maximum absolute atomic E-state index is 5.58. The van der Waals surface area contributed by atoms with E-state index in [0.717, 1.165) is 17.9 Å². The SMILES string of the molecule is CC.CC.Cc1ccc(OCCCOCc2ccon2)cc1. The highest BCUT2D eigenvalue weighted by Gasteiger charge is 1.97. The number of hydrogen-bond donors (Lipinski definition) is 0. The molecule has 1 aromatic heterocycles. The van der Waals surface area contributed by atoms with Crippen molar-refractivity contribution in [2.24, 2.45) is 0 Å². The molecule has 1 heterocycles. The minimum absolute atomic E-state index is 0.487. The van der Waals surface area contributed by atoms with Crippen LogP contribution in [0.5, 0.6) is 5.75 Å². The van der Waals surface area contributed by atoms with Crippen LogP contribution in [0.1, 0.15) is 45.4 Å². The predicted octanol–water partition coefficient (Wildman–Crippen LogP) is 5.02. The van der Waals surface area contributed by atoms with E-state index in [0.29, 0.717) is 19.8 Å². The molecule has 0 aliphatic rings. The minimum atomic E-state index is 0.487. The molecule has 0 bridgehead atoms. The van der Waals surface area contributed by atoms with Gasteiger partial charge in [-0.25, -0.2) is 0 Å². The average Bonchev–Trinajstić information content (AvgIpc) is 3.10. The van der Waals surface area contributed by atoms with E-state index in [2.05, 4.69) is 12.1 Å². The second-order valence-corrected chi connectivity index (χ2v) is 4.06. The topological polar surface area (TPSA) is 44.5 Å². The summed E-state index contributed by atoms with van der Waals surface area (Å²) in [5.41, 5.74) is 2.05. The van der Waals surface area contributed by atoms with Crippen LogP contribution in [0.3, 0.4) is 0 Å². The molecule has 1 aromatic carbocycles. The number of benzene rings is 1. The lowest BCUT2D eigenvalue weighted by molar-refractivity contribution is 0.103. The zero-order chi connectivity index (χ0) is 16.6. The molecule has 4 heteroatoms. The Morgan fingerprint density at radius 3 is 2.23 bits per heavy atom. The first-order chi connectivity index (χ1) is 10.8. The Balaban J connectivity index is 0.00000102. The van der Waals surface area contributed by atoms with E-state index in [1.807, 2.05) is 52.0 Å². The largest absolute Gasteiger partial charge is 0.494 e. The van der Waals surface area contributed by atoms with Gasteiger partial charge in [0.1, 0.15) is 17.7 Å². The van der Waals surface area contributed by atoms with E-state index in [9.17, 15) is 0 Å². The molecule has 2 aromatic rings. The van der Waals surface area contributed by atoms with Crippen LogP contribution in [0.2, 0.25) is 0 Å². The molecule has 0 amide bonds. The molecule has 0 unspecified atom stereocenters. The van der Waals surface area contributed by atoms with Crippen molar-refractivity contribution in [3.8, 4) is 5.75 Å². The molecular weight excluding hydrogens is 278 g/mol. The number of rotatable bonds is 7. The fourth-order valence-corrected chi connectivity index (χ4v) is 1.47. The van der Waals surface area contributed by atoms with Crippen LogP contribution in [-0.4, -0.2) is 18.4 Å². The fourth-order valence-electron chi connectivity index (χ4n) is 1.47. The maximum Gasteiger partial charge on any atom is 0.124 e. The summed E-state index contributed by atoms with van der Waals surface area (Å²) >= 11 is 0. The van der Waals surface area contributed by atoms with Crippen LogP contribution in [0.25, 0.3) is 0 Å². The molecular formula is C18H29NO3. The quantitative estimate of drug-likeness (QED) is 0.674. The third-order valence-electron chi connectivity index (χ3n) is 2.46. The monoisotopic (exact) mass is 307 g/mol. The highest BCUT2D eigenvalue weighted by Crippen LogP contribution is 2.11. The van der Waals surface area contributed by atoms with Crippen molar-refractivity contribution < 1.29 is 14.0 Å². The van der Waals surface area contributed by atoms with E-state index in [1.54, 1.807) is 12.3 Å². The van der Waals surface area contributed by atoms with Gasteiger partial charge in [-0.3, -0.25) is 0 Å². The van der Waals surface area contributed by atoms with Gasteiger partial charge in [0, 0.05) is 12.5 Å². The summed E-state index contributed by atoms with van der Waals surface area (Å²) in [6.45, 7) is 11.9. The molecule has 0 saturated heterocycles. The van der Waals surface area contributed by atoms with Crippen LogP contribution in [0.15, 0.2) is 41.1 Å². The average molecular weight is 307 g/mol. The fraction of sp³-hybridized carbons (Fsp3) is 0.500. The third kappa shape index (κ3) is 9.19. The van der Waals surface area contributed by atoms with Crippen LogP contribution in [0.4, 0.5) is 0 Å². The van der Waals surface area contributed by atoms with Crippen LogP contribution in [0, 0.1) is 6.92 Å². The Hall–Kier alpha value is -1.81. The number of nitrogens with zero attached hydrogens (tertiary/aromatic N) is 1. The molecule has 124 valence electrons. The molecule has 0 N–H and O–H groups in total. The zero-order valence-electron chi connectivity index (χ0n) is 14.5. The standard InChI is InChI=1S/C14H17NO3.2C2H6/c1-12-3-5-14(6-4-12)17-9-2-8-16-11-13-7-10-18-15-13;2*1-2/h3-7,10H,2,8-9,11H2,1H3;2*1-2H3. The van der Waals surface area contributed by atoms with Gasteiger partial charge in [-0.2, -0.15) is 0 Å². The molecule has 0 spiro atoms. The van der Waals surface area contributed by atoms with E-state index in [1.165, 1.54) is 5.56 Å². The van der Waals surface area contributed by atoms with Crippen LogP contribution < -0.4 is 4.74 Å². The molecule has 0 aliphatic carbocycles. The second-order valence-electron chi connectivity index (χ2n) is 4.06. The number of aromatic nitrogens is 1. The molecule has 0 aliphatic heterocycles. The first kappa shape index (κ1) is 20.2. The summed E-state index contributed by atoms with van der Waals surface area (Å²) in [7, 11) is 0. The number of hydrogen-bond acceptors (Lipinski definition) is 4. The molecule has 0 fully saturated rings. The van der Waals surface area contributed by atoms with Crippen molar-refractivity contribution in [3.05, 3.63) is 47.9 Å². The van der Waals surface area contributed by atoms with Crippen molar-refractivity contribution in [2.45, 2.75) is 47.6 Å². The number of ether oxygens (including phenoxy) is 2. The van der Waals surface area contributed by atoms with Gasteiger partial charge < -0.3 is 14.0 Å². The predicted molar refractivity (Wildman–Crippen MR) is 90.1 cm³/mol. The summed E-state index contributed by atoms with van der Waals surface area (Å²) < 4.78 is 15.7. The Morgan fingerprint density at radius 2 is 1.64 bits per heavy atom. The highest BCUT2D eigenvalue weighted by molar-refractivity contribution is 5.26.